The first-order valence-electron chi connectivity index (χ1n) is 5.95. The van der Waals surface area contributed by atoms with Crippen LogP contribution in [-0.4, -0.2) is 35.5 Å². The summed E-state index contributed by atoms with van der Waals surface area (Å²) in [4.78, 5) is 3.75. The maximum absolute atomic E-state index is 12.4. The zero-order valence-corrected chi connectivity index (χ0v) is 10.2. The third-order valence-electron chi connectivity index (χ3n) is 3.24. The predicted octanol–water partition coefficient (Wildman–Crippen LogP) is 2.05. The molecule has 0 atom stereocenters. The van der Waals surface area contributed by atoms with Gasteiger partial charge in [0.2, 0.25) is 0 Å². The van der Waals surface area contributed by atoms with E-state index in [9.17, 15) is 18.3 Å². The molecule has 0 radical (unpaired) electrons. The smallest absolute Gasteiger partial charge is 0.394 e. The molecule has 0 spiro atoms. The summed E-state index contributed by atoms with van der Waals surface area (Å²) in [6.45, 7) is 0.904. The first kappa shape index (κ1) is 14.1. The predicted molar refractivity (Wildman–Crippen MR) is 62.7 cm³/mol. The normalized spacial score (nSPS) is 19.2. The molecule has 0 saturated carbocycles. The molecular formula is C12H15F3N2O2. The van der Waals surface area contributed by atoms with E-state index in [0.717, 1.165) is 12.3 Å². The van der Waals surface area contributed by atoms with Gasteiger partial charge in [-0.1, -0.05) is 0 Å². The van der Waals surface area contributed by atoms with E-state index >= 15 is 0 Å². The standard InChI is InChI=1S/C12H15F3N2O2/c13-12(14,15)9-1-2-10(16-7-9)17-11(8-18)3-5-19-6-4-11/h1-2,7,18H,3-6,8H2,(H,16,17). The molecule has 106 valence electrons. The van der Waals surface area contributed by atoms with Gasteiger partial charge in [0.15, 0.2) is 0 Å². The molecule has 1 aliphatic heterocycles. The second kappa shape index (κ2) is 5.34. The Morgan fingerprint density at radius 1 is 1.32 bits per heavy atom. The lowest BCUT2D eigenvalue weighted by Crippen LogP contribution is -2.47. The second-order valence-electron chi connectivity index (χ2n) is 4.61. The van der Waals surface area contributed by atoms with E-state index in [2.05, 4.69) is 10.3 Å². The monoisotopic (exact) mass is 276 g/mol. The van der Waals surface area contributed by atoms with Gasteiger partial charge in [0.05, 0.1) is 17.7 Å². The summed E-state index contributed by atoms with van der Waals surface area (Å²) in [6.07, 6.45) is -2.43. The second-order valence-corrected chi connectivity index (χ2v) is 4.61. The van der Waals surface area contributed by atoms with Gasteiger partial charge in [-0.05, 0) is 25.0 Å². The van der Waals surface area contributed by atoms with E-state index < -0.39 is 17.3 Å². The summed E-state index contributed by atoms with van der Waals surface area (Å²) < 4.78 is 42.4. The number of nitrogens with one attached hydrogen (secondary N) is 1. The summed E-state index contributed by atoms with van der Waals surface area (Å²) in [5, 5.41) is 12.5. The summed E-state index contributed by atoms with van der Waals surface area (Å²) in [7, 11) is 0. The quantitative estimate of drug-likeness (QED) is 0.887. The lowest BCUT2D eigenvalue weighted by Gasteiger charge is -2.36. The lowest BCUT2D eigenvalue weighted by molar-refractivity contribution is -0.137. The van der Waals surface area contributed by atoms with Gasteiger partial charge in [0.1, 0.15) is 5.82 Å². The number of nitrogens with zero attached hydrogens (tertiary/aromatic N) is 1. The van der Waals surface area contributed by atoms with Crippen LogP contribution in [-0.2, 0) is 10.9 Å². The van der Waals surface area contributed by atoms with E-state index in [1.54, 1.807) is 0 Å². The highest BCUT2D eigenvalue weighted by Gasteiger charge is 2.33. The first-order chi connectivity index (χ1) is 8.95. The lowest BCUT2D eigenvalue weighted by atomic mass is 9.91. The van der Waals surface area contributed by atoms with Crippen LogP contribution < -0.4 is 5.32 Å². The van der Waals surface area contributed by atoms with Gasteiger partial charge in [-0.3, -0.25) is 0 Å². The molecule has 1 aliphatic rings. The SMILES string of the molecule is OCC1(Nc2ccc(C(F)(F)F)cn2)CCOCC1. The Labute approximate surface area is 108 Å². The molecule has 0 aliphatic carbocycles. The van der Waals surface area contributed by atoms with E-state index in [1.165, 1.54) is 6.07 Å². The first-order valence-corrected chi connectivity index (χ1v) is 5.95. The third-order valence-corrected chi connectivity index (χ3v) is 3.24. The number of aliphatic hydroxyl groups excluding tert-OH is 1. The van der Waals surface area contributed by atoms with Crippen LogP contribution in [0.15, 0.2) is 18.3 Å². The molecule has 1 aromatic rings. The highest BCUT2D eigenvalue weighted by molar-refractivity contribution is 5.39. The minimum Gasteiger partial charge on any atom is -0.394 e. The molecule has 1 fully saturated rings. The van der Waals surface area contributed by atoms with Gasteiger partial charge in [0.25, 0.3) is 0 Å². The number of pyridine rings is 1. The van der Waals surface area contributed by atoms with Crippen molar-refractivity contribution in [1.82, 2.24) is 4.98 Å². The van der Waals surface area contributed by atoms with Crippen molar-refractivity contribution < 1.29 is 23.0 Å². The molecule has 2 rings (SSSR count). The average Bonchev–Trinajstić information content (AvgIpc) is 2.39. The van der Waals surface area contributed by atoms with Crippen molar-refractivity contribution in [3.8, 4) is 0 Å². The maximum atomic E-state index is 12.4. The number of aromatic nitrogens is 1. The molecule has 0 bridgehead atoms. The van der Waals surface area contributed by atoms with Gasteiger partial charge in [-0.25, -0.2) is 4.98 Å². The van der Waals surface area contributed by atoms with Gasteiger partial charge in [-0.2, -0.15) is 13.2 Å². The van der Waals surface area contributed by atoms with Crippen molar-refractivity contribution in [3.05, 3.63) is 23.9 Å². The highest BCUT2D eigenvalue weighted by atomic mass is 19.4. The van der Waals surface area contributed by atoms with Crippen molar-refractivity contribution in [2.75, 3.05) is 25.1 Å². The Bertz CT molecular complexity index is 414. The molecule has 19 heavy (non-hydrogen) atoms. The Balaban J connectivity index is 2.10. The molecule has 0 unspecified atom stereocenters. The molecule has 4 nitrogen and oxygen atoms in total. The van der Waals surface area contributed by atoms with E-state index in [-0.39, 0.29) is 6.61 Å². The number of aliphatic hydroxyl groups is 1. The minimum absolute atomic E-state index is 0.112. The molecule has 1 aromatic heterocycles. The number of ether oxygens (including phenoxy) is 1. The molecular weight excluding hydrogens is 261 g/mol. The van der Waals surface area contributed by atoms with Gasteiger partial charge in [0, 0.05) is 19.4 Å². The summed E-state index contributed by atoms with van der Waals surface area (Å²) in [6, 6.07) is 2.25. The van der Waals surface area contributed by atoms with Crippen molar-refractivity contribution in [2.45, 2.75) is 24.6 Å². The van der Waals surface area contributed by atoms with Crippen LogP contribution in [0.25, 0.3) is 0 Å². The topological polar surface area (TPSA) is 54.4 Å². The van der Waals surface area contributed by atoms with Crippen LogP contribution in [0.2, 0.25) is 0 Å². The molecule has 2 N–H and O–H groups in total. The van der Waals surface area contributed by atoms with Crippen LogP contribution in [0, 0.1) is 0 Å². The summed E-state index contributed by atoms with van der Waals surface area (Å²) in [5.41, 5.74) is -1.35. The molecule has 0 aromatic carbocycles. The van der Waals surface area contributed by atoms with Crippen LogP contribution in [0.3, 0.4) is 0 Å². The molecule has 0 amide bonds. The van der Waals surface area contributed by atoms with E-state index in [0.29, 0.717) is 31.9 Å². The molecule has 7 heteroatoms. The zero-order chi connectivity index (χ0) is 13.9. The van der Waals surface area contributed by atoms with Crippen molar-refractivity contribution >= 4 is 5.82 Å². The molecule has 1 saturated heterocycles. The number of hydrogen-bond acceptors (Lipinski definition) is 4. The Morgan fingerprint density at radius 3 is 2.47 bits per heavy atom. The fraction of sp³-hybridized carbons (Fsp3) is 0.583. The fourth-order valence-electron chi connectivity index (χ4n) is 1.99. The number of halogens is 3. The number of anilines is 1. The molecule has 2 heterocycles. The van der Waals surface area contributed by atoms with Gasteiger partial charge < -0.3 is 15.2 Å². The van der Waals surface area contributed by atoms with Crippen molar-refractivity contribution in [2.24, 2.45) is 0 Å². The maximum Gasteiger partial charge on any atom is 0.417 e. The fourth-order valence-corrected chi connectivity index (χ4v) is 1.99. The Hall–Kier alpha value is -1.34. The Kier molecular flexibility index (Phi) is 3.96. The zero-order valence-electron chi connectivity index (χ0n) is 10.2. The van der Waals surface area contributed by atoms with Crippen molar-refractivity contribution in [3.63, 3.8) is 0 Å². The number of alkyl halides is 3. The van der Waals surface area contributed by atoms with E-state index in [4.69, 9.17) is 4.74 Å². The summed E-state index contributed by atoms with van der Waals surface area (Å²) >= 11 is 0. The van der Waals surface area contributed by atoms with Crippen LogP contribution in [0.4, 0.5) is 19.0 Å². The van der Waals surface area contributed by atoms with Gasteiger partial charge in [-0.15, -0.1) is 0 Å². The third kappa shape index (κ3) is 3.36. The highest BCUT2D eigenvalue weighted by Crippen LogP contribution is 2.30. The van der Waals surface area contributed by atoms with E-state index in [1.807, 2.05) is 0 Å². The van der Waals surface area contributed by atoms with Crippen LogP contribution in [0.5, 0.6) is 0 Å². The van der Waals surface area contributed by atoms with Crippen molar-refractivity contribution in [1.29, 1.82) is 0 Å². The van der Waals surface area contributed by atoms with Crippen LogP contribution >= 0.6 is 0 Å². The van der Waals surface area contributed by atoms with Crippen LogP contribution in [0.1, 0.15) is 18.4 Å². The summed E-state index contributed by atoms with van der Waals surface area (Å²) in [5.74, 6) is 0.323. The Morgan fingerprint density at radius 2 is 2.00 bits per heavy atom. The van der Waals surface area contributed by atoms with Gasteiger partial charge >= 0.3 is 6.18 Å². The minimum atomic E-state index is -4.39. The number of hydrogen-bond donors (Lipinski definition) is 2. The number of rotatable bonds is 3. The largest absolute Gasteiger partial charge is 0.417 e. The average molecular weight is 276 g/mol.